The van der Waals surface area contributed by atoms with Crippen LogP contribution in [0.3, 0.4) is 0 Å². The molecule has 3 rings (SSSR count). The van der Waals surface area contributed by atoms with Crippen molar-refractivity contribution in [1.82, 2.24) is 9.21 Å². The molecule has 1 N–H and O–H groups in total. The molecule has 180 valence electrons. The van der Waals surface area contributed by atoms with Gasteiger partial charge in [-0.1, -0.05) is 32.0 Å². The Morgan fingerprint density at radius 3 is 2.52 bits per heavy atom. The average molecular weight is 476 g/mol. The van der Waals surface area contributed by atoms with Crippen LogP contribution in [0.4, 0.5) is 5.69 Å². The van der Waals surface area contributed by atoms with Crippen LogP contribution in [-0.4, -0.2) is 76.1 Å². The van der Waals surface area contributed by atoms with E-state index in [4.69, 9.17) is 9.47 Å². The number of benzene rings is 2. The molecule has 2 aromatic rings. The van der Waals surface area contributed by atoms with Crippen LogP contribution in [0.15, 0.2) is 47.4 Å². The van der Waals surface area contributed by atoms with E-state index in [-0.39, 0.29) is 10.8 Å². The van der Waals surface area contributed by atoms with Crippen molar-refractivity contribution in [2.75, 3.05) is 57.9 Å². The van der Waals surface area contributed by atoms with Gasteiger partial charge in [-0.3, -0.25) is 4.79 Å². The second kappa shape index (κ2) is 11.6. The fourth-order valence-corrected chi connectivity index (χ4v) is 5.09. The minimum atomic E-state index is -3.70. The van der Waals surface area contributed by atoms with Gasteiger partial charge in [0.05, 0.1) is 23.8 Å². The van der Waals surface area contributed by atoms with Gasteiger partial charge >= 0.3 is 0 Å². The van der Waals surface area contributed by atoms with Gasteiger partial charge in [-0.2, -0.15) is 4.31 Å². The molecular formula is C24H33N3O5S. The lowest BCUT2D eigenvalue weighted by atomic mass is 10.1. The van der Waals surface area contributed by atoms with Crippen molar-refractivity contribution in [3.8, 4) is 5.75 Å². The zero-order valence-corrected chi connectivity index (χ0v) is 20.4. The summed E-state index contributed by atoms with van der Waals surface area (Å²) >= 11 is 0. The summed E-state index contributed by atoms with van der Waals surface area (Å²) in [5, 5.41) is 2.89. The van der Waals surface area contributed by atoms with Crippen LogP contribution in [0.25, 0.3) is 0 Å². The summed E-state index contributed by atoms with van der Waals surface area (Å²) in [7, 11) is -3.70. The minimum Gasteiger partial charge on any atom is -0.490 e. The van der Waals surface area contributed by atoms with Crippen LogP contribution >= 0.6 is 0 Å². The van der Waals surface area contributed by atoms with Crippen LogP contribution in [0.2, 0.25) is 0 Å². The lowest BCUT2D eigenvalue weighted by molar-refractivity contribution is 0.0730. The highest BCUT2D eigenvalue weighted by molar-refractivity contribution is 7.89. The summed E-state index contributed by atoms with van der Waals surface area (Å²) in [6, 6.07) is 11.9. The van der Waals surface area contributed by atoms with E-state index in [0.717, 1.165) is 19.6 Å². The smallest absolute Gasteiger partial charge is 0.256 e. The number of hydrogen-bond donors (Lipinski definition) is 1. The van der Waals surface area contributed by atoms with Gasteiger partial charge in [0, 0.05) is 25.2 Å². The Bertz CT molecular complexity index is 1050. The number of ether oxygens (including phenoxy) is 2. The Balaban J connectivity index is 1.76. The van der Waals surface area contributed by atoms with Gasteiger partial charge in [0.1, 0.15) is 12.4 Å². The summed E-state index contributed by atoms with van der Waals surface area (Å²) < 4.78 is 38.6. The standard InChI is InChI=1S/C24H33N3O5S/c1-4-26(5-2)12-17-32-23-9-7-6-8-22(23)25-24(28)21-18-20(11-10-19(21)3)33(29,30)27-13-15-31-16-14-27/h6-11,18H,4-5,12-17H2,1-3H3,(H,25,28). The Kier molecular flexibility index (Phi) is 8.85. The summed E-state index contributed by atoms with van der Waals surface area (Å²) in [6.07, 6.45) is 0. The number of rotatable bonds is 10. The second-order valence-electron chi connectivity index (χ2n) is 7.82. The fraction of sp³-hybridized carbons (Fsp3) is 0.458. The fourth-order valence-electron chi connectivity index (χ4n) is 3.65. The van der Waals surface area contributed by atoms with Gasteiger partial charge in [-0.25, -0.2) is 8.42 Å². The number of likely N-dealkylation sites (N-methyl/N-ethyl adjacent to an activating group) is 1. The number of para-hydroxylation sites is 2. The quantitative estimate of drug-likeness (QED) is 0.568. The number of aryl methyl sites for hydroxylation is 1. The highest BCUT2D eigenvalue weighted by Gasteiger charge is 2.27. The number of nitrogens with zero attached hydrogens (tertiary/aromatic N) is 2. The summed E-state index contributed by atoms with van der Waals surface area (Å²) in [5.74, 6) is 0.194. The van der Waals surface area contributed by atoms with Gasteiger partial charge in [0.25, 0.3) is 5.91 Å². The summed E-state index contributed by atoms with van der Waals surface area (Å²) in [4.78, 5) is 15.5. The Hall–Kier alpha value is -2.46. The molecule has 0 radical (unpaired) electrons. The number of nitrogens with one attached hydrogen (secondary N) is 1. The number of carbonyl (C=O) groups excluding carboxylic acids is 1. The molecule has 33 heavy (non-hydrogen) atoms. The Morgan fingerprint density at radius 1 is 1.12 bits per heavy atom. The maximum absolute atomic E-state index is 13.1. The molecule has 0 unspecified atom stereocenters. The predicted molar refractivity (Wildman–Crippen MR) is 128 cm³/mol. The molecule has 1 fully saturated rings. The van der Waals surface area contributed by atoms with Crippen molar-refractivity contribution in [2.45, 2.75) is 25.7 Å². The van der Waals surface area contributed by atoms with Gasteiger partial charge in [-0.05, 0) is 49.8 Å². The van der Waals surface area contributed by atoms with Crippen LogP contribution < -0.4 is 10.1 Å². The molecular weight excluding hydrogens is 442 g/mol. The number of carbonyl (C=O) groups is 1. The van der Waals surface area contributed by atoms with Crippen LogP contribution in [0.1, 0.15) is 29.8 Å². The summed E-state index contributed by atoms with van der Waals surface area (Å²) in [6.45, 7) is 10.5. The topological polar surface area (TPSA) is 88.2 Å². The number of anilines is 1. The van der Waals surface area contributed by atoms with Crippen LogP contribution in [0, 0.1) is 6.92 Å². The molecule has 1 amide bonds. The van der Waals surface area contributed by atoms with E-state index in [1.54, 1.807) is 25.1 Å². The van der Waals surface area contributed by atoms with Crippen molar-refractivity contribution in [2.24, 2.45) is 0 Å². The molecule has 0 spiro atoms. The van der Waals surface area contributed by atoms with Gasteiger partial charge < -0.3 is 19.7 Å². The average Bonchev–Trinajstić information content (AvgIpc) is 2.83. The van der Waals surface area contributed by atoms with E-state index in [0.29, 0.717) is 55.5 Å². The van der Waals surface area contributed by atoms with E-state index in [1.165, 1.54) is 10.4 Å². The van der Waals surface area contributed by atoms with E-state index >= 15 is 0 Å². The molecule has 1 aliphatic heterocycles. The highest BCUT2D eigenvalue weighted by atomic mass is 32.2. The molecule has 0 bridgehead atoms. The molecule has 2 aromatic carbocycles. The zero-order valence-electron chi connectivity index (χ0n) is 19.5. The van der Waals surface area contributed by atoms with E-state index < -0.39 is 10.0 Å². The first-order valence-corrected chi connectivity index (χ1v) is 12.7. The maximum atomic E-state index is 13.1. The Labute approximate surface area is 196 Å². The van der Waals surface area contributed by atoms with Gasteiger partial charge in [0.2, 0.25) is 10.0 Å². The molecule has 0 atom stereocenters. The molecule has 0 saturated carbocycles. The first kappa shape index (κ1) is 25.2. The monoisotopic (exact) mass is 475 g/mol. The largest absolute Gasteiger partial charge is 0.490 e. The molecule has 8 nitrogen and oxygen atoms in total. The minimum absolute atomic E-state index is 0.101. The normalized spacial score (nSPS) is 14.9. The molecule has 1 saturated heterocycles. The summed E-state index contributed by atoms with van der Waals surface area (Å²) in [5.41, 5.74) is 1.54. The second-order valence-corrected chi connectivity index (χ2v) is 9.76. The molecule has 1 aliphatic rings. The highest BCUT2D eigenvalue weighted by Crippen LogP contribution is 2.26. The number of hydrogen-bond acceptors (Lipinski definition) is 6. The van der Waals surface area contributed by atoms with E-state index in [9.17, 15) is 13.2 Å². The molecule has 1 heterocycles. The van der Waals surface area contributed by atoms with Crippen molar-refractivity contribution in [1.29, 1.82) is 0 Å². The molecule has 9 heteroatoms. The van der Waals surface area contributed by atoms with Gasteiger partial charge in [0.15, 0.2) is 0 Å². The van der Waals surface area contributed by atoms with Crippen LogP contribution in [0.5, 0.6) is 5.75 Å². The van der Waals surface area contributed by atoms with E-state index in [2.05, 4.69) is 24.1 Å². The number of morpholine rings is 1. The van der Waals surface area contributed by atoms with Crippen molar-refractivity contribution >= 4 is 21.6 Å². The van der Waals surface area contributed by atoms with Crippen molar-refractivity contribution in [3.63, 3.8) is 0 Å². The third kappa shape index (κ3) is 6.32. The lowest BCUT2D eigenvalue weighted by Crippen LogP contribution is -2.40. The van der Waals surface area contributed by atoms with Gasteiger partial charge in [-0.15, -0.1) is 0 Å². The SMILES string of the molecule is CCN(CC)CCOc1ccccc1NC(=O)c1cc(S(=O)(=O)N2CCOCC2)ccc1C. The predicted octanol–water partition coefficient (Wildman–Crippen LogP) is 2.99. The van der Waals surface area contributed by atoms with Crippen LogP contribution in [-0.2, 0) is 14.8 Å². The third-order valence-corrected chi connectivity index (χ3v) is 7.65. The third-order valence-electron chi connectivity index (χ3n) is 5.76. The Morgan fingerprint density at radius 2 is 1.82 bits per heavy atom. The lowest BCUT2D eigenvalue weighted by Gasteiger charge is -2.26. The number of sulfonamides is 1. The van der Waals surface area contributed by atoms with Crippen molar-refractivity contribution in [3.05, 3.63) is 53.6 Å². The first-order valence-electron chi connectivity index (χ1n) is 11.3. The number of amides is 1. The zero-order chi connectivity index (χ0) is 23.8. The van der Waals surface area contributed by atoms with E-state index in [1.807, 2.05) is 18.2 Å². The molecule has 0 aliphatic carbocycles. The first-order chi connectivity index (χ1) is 15.9. The van der Waals surface area contributed by atoms with Crippen molar-refractivity contribution < 1.29 is 22.7 Å². The molecule has 0 aromatic heterocycles. The maximum Gasteiger partial charge on any atom is 0.256 e.